The van der Waals surface area contributed by atoms with E-state index >= 15 is 0 Å². The third-order valence-corrected chi connectivity index (χ3v) is 1.42. The third kappa shape index (κ3) is 1.98. The Balaban J connectivity index is 3.00. The number of rotatable bonds is 2. The molecule has 1 atom stereocenters. The Labute approximate surface area is 67.5 Å². The van der Waals surface area contributed by atoms with Crippen LogP contribution in [0.5, 0.6) is 0 Å². The van der Waals surface area contributed by atoms with E-state index in [1.54, 1.807) is 0 Å². The Morgan fingerprint density at radius 1 is 1.17 bits per heavy atom. The van der Waals surface area contributed by atoms with Gasteiger partial charge in [-0.15, -0.1) is 0 Å². The van der Waals surface area contributed by atoms with Crippen molar-refractivity contribution in [3.63, 3.8) is 0 Å². The number of hydrogen-bond acceptors (Lipinski definition) is 1. The molecule has 0 aliphatic heterocycles. The minimum Gasteiger partial charge on any atom is -0.386 e. The Hall–Kier alpha value is -1.03. The predicted octanol–water partition coefficient (Wildman–Crippen LogP) is 1.97. The summed E-state index contributed by atoms with van der Waals surface area (Å²) >= 11 is 0. The van der Waals surface area contributed by atoms with Gasteiger partial charge in [-0.2, -0.15) is 0 Å². The van der Waals surface area contributed by atoms with Gasteiger partial charge in [0, 0.05) is 6.07 Å². The van der Waals surface area contributed by atoms with Crippen molar-refractivity contribution in [2.45, 2.75) is 6.10 Å². The zero-order valence-electron chi connectivity index (χ0n) is 6.10. The summed E-state index contributed by atoms with van der Waals surface area (Å²) in [5.74, 6) is -1.64. The summed E-state index contributed by atoms with van der Waals surface area (Å²) < 4.78 is 36.7. The van der Waals surface area contributed by atoms with Gasteiger partial charge in [0.25, 0.3) is 0 Å². The molecule has 0 saturated heterocycles. The normalized spacial score (nSPS) is 13.0. The highest BCUT2D eigenvalue weighted by Gasteiger charge is 2.09. The van der Waals surface area contributed by atoms with Crippen LogP contribution in [0.15, 0.2) is 18.2 Å². The highest BCUT2D eigenvalue weighted by molar-refractivity contribution is 5.20. The fourth-order valence-corrected chi connectivity index (χ4v) is 0.857. The third-order valence-electron chi connectivity index (χ3n) is 1.42. The molecule has 0 fully saturated rings. The molecule has 1 unspecified atom stereocenters. The Kier molecular flexibility index (Phi) is 2.70. The van der Waals surface area contributed by atoms with Gasteiger partial charge in [-0.05, 0) is 17.7 Å². The average molecular weight is 176 g/mol. The first-order valence-corrected chi connectivity index (χ1v) is 3.33. The molecule has 1 rings (SSSR count). The predicted molar refractivity (Wildman–Crippen MR) is 37.3 cm³/mol. The molecule has 66 valence electrons. The number of alkyl halides is 1. The number of halogens is 3. The summed E-state index contributed by atoms with van der Waals surface area (Å²) in [4.78, 5) is 0. The van der Waals surface area contributed by atoms with Gasteiger partial charge in [0.05, 0.1) is 0 Å². The highest BCUT2D eigenvalue weighted by atomic mass is 19.1. The van der Waals surface area contributed by atoms with E-state index in [0.29, 0.717) is 6.07 Å². The van der Waals surface area contributed by atoms with Crippen LogP contribution in [-0.4, -0.2) is 11.8 Å². The molecule has 0 spiro atoms. The summed E-state index contributed by atoms with van der Waals surface area (Å²) in [6.07, 6.45) is -1.45. The highest BCUT2D eigenvalue weighted by Crippen LogP contribution is 2.16. The van der Waals surface area contributed by atoms with Crippen molar-refractivity contribution < 1.29 is 18.3 Å². The van der Waals surface area contributed by atoms with Crippen LogP contribution in [0.25, 0.3) is 0 Å². The lowest BCUT2D eigenvalue weighted by Gasteiger charge is -2.05. The van der Waals surface area contributed by atoms with Crippen molar-refractivity contribution >= 4 is 0 Å². The first kappa shape index (κ1) is 9.06. The van der Waals surface area contributed by atoms with E-state index in [0.717, 1.165) is 12.1 Å². The van der Waals surface area contributed by atoms with Crippen LogP contribution >= 0.6 is 0 Å². The monoisotopic (exact) mass is 176 g/mol. The summed E-state index contributed by atoms with van der Waals surface area (Å²) in [6, 6.07) is 2.45. The molecule has 0 heterocycles. The zero-order chi connectivity index (χ0) is 9.14. The maximum Gasteiger partial charge on any atom is 0.126 e. The first-order valence-electron chi connectivity index (χ1n) is 3.33. The van der Waals surface area contributed by atoms with Gasteiger partial charge in [-0.25, -0.2) is 13.2 Å². The van der Waals surface area contributed by atoms with E-state index in [9.17, 15) is 13.2 Å². The summed E-state index contributed by atoms with van der Waals surface area (Å²) in [5, 5.41) is 8.87. The summed E-state index contributed by atoms with van der Waals surface area (Å²) in [6.45, 7) is -1.05. The molecule has 1 N–H and O–H groups in total. The molecular formula is C8H7F3O. The molecule has 4 heteroatoms. The summed E-state index contributed by atoms with van der Waals surface area (Å²) in [7, 11) is 0. The Morgan fingerprint density at radius 3 is 2.08 bits per heavy atom. The number of aliphatic hydroxyl groups is 1. The minimum atomic E-state index is -1.45. The average Bonchev–Trinajstić information content (AvgIpc) is 2.01. The molecule has 0 amide bonds. The second-order valence-electron chi connectivity index (χ2n) is 2.37. The van der Waals surface area contributed by atoms with Crippen molar-refractivity contribution in [3.8, 4) is 0 Å². The molecular weight excluding hydrogens is 169 g/mol. The Morgan fingerprint density at radius 2 is 1.67 bits per heavy atom. The van der Waals surface area contributed by atoms with E-state index in [4.69, 9.17) is 5.11 Å². The SMILES string of the molecule is OC(CF)c1cc(F)cc(F)c1. The van der Waals surface area contributed by atoms with Crippen LogP contribution in [0.2, 0.25) is 0 Å². The molecule has 0 aromatic heterocycles. The fourth-order valence-electron chi connectivity index (χ4n) is 0.857. The van der Waals surface area contributed by atoms with Gasteiger partial charge < -0.3 is 5.11 Å². The van der Waals surface area contributed by atoms with Gasteiger partial charge in [0.2, 0.25) is 0 Å². The quantitative estimate of drug-likeness (QED) is 0.730. The van der Waals surface area contributed by atoms with Crippen molar-refractivity contribution in [2.24, 2.45) is 0 Å². The largest absolute Gasteiger partial charge is 0.386 e. The lowest BCUT2D eigenvalue weighted by atomic mass is 10.1. The fraction of sp³-hybridized carbons (Fsp3) is 0.250. The summed E-state index contributed by atoms with van der Waals surface area (Å²) in [5.41, 5.74) is -0.0880. The van der Waals surface area contributed by atoms with Crippen molar-refractivity contribution in [1.82, 2.24) is 0 Å². The van der Waals surface area contributed by atoms with Gasteiger partial charge >= 0.3 is 0 Å². The standard InChI is InChI=1S/C8H7F3O/c9-4-8(12)5-1-6(10)3-7(11)2-5/h1-3,8,12H,4H2. The second kappa shape index (κ2) is 3.58. The molecule has 0 aliphatic rings. The minimum absolute atomic E-state index is 0.0880. The topological polar surface area (TPSA) is 20.2 Å². The zero-order valence-corrected chi connectivity index (χ0v) is 6.10. The van der Waals surface area contributed by atoms with Crippen molar-refractivity contribution in [3.05, 3.63) is 35.4 Å². The van der Waals surface area contributed by atoms with Crippen molar-refractivity contribution in [1.29, 1.82) is 0 Å². The van der Waals surface area contributed by atoms with E-state index in [1.807, 2.05) is 0 Å². The van der Waals surface area contributed by atoms with Crippen LogP contribution in [0, 0.1) is 11.6 Å². The van der Waals surface area contributed by atoms with Crippen LogP contribution in [0.3, 0.4) is 0 Å². The van der Waals surface area contributed by atoms with E-state index < -0.39 is 24.4 Å². The van der Waals surface area contributed by atoms with E-state index in [2.05, 4.69) is 0 Å². The molecule has 1 aromatic rings. The molecule has 0 bridgehead atoms. The lowest BCUT2D eigenvalue weighted by molar-refractivity contribution is 0.141. The van der Waals surface area contributed by atoms with Gasteiger partial charge in [-0.3, -0.25) is 0 Å². The molecule has 0 saturated carbocycles. The number of benzene rings is 1. The van der Waals surface area contributed by atoms with Crippen LogP contribution in [-0.2, 0) is 0 Å². The first-order chi connectivity index (χ1) is 5.63. The van der Waals surface area contributed by atoms with Gasteiger partial charge in [0.1, 0.15) is 24.4 Å². The Bertz CT molecular complexity index is 255. The smallest absolute Gasteiger partial charge is 0.126 e. The van der Waals surface area contributed by atoms with Crippen LogP contribution < -0.4 is 0 Å². The van der Waals surface area contributed by atoms with E-state index in [-0.39, 0.29) is 5.56 Å². The molecule has 0 aliphatic carbocycles. The lowest BCUT2D eigenvalue weighted by Crippen LogP contribution is -2.00. The molecule has 1 nitrogen and oxygen atoms in total. The maximum absolute atomic E-state index is 12.5. The van der Waals surface area contributed by atoms with Crippen molar-refractivity contribution in [2.75, 3.05) is 6.67 Å². The molecule has 1 aromatic carbocycles. The van der Waals surface area contributed by atoms with Gasteiger partial charge in [0.15, 0.2) is 0 Å². The molecule has 12 heavy (non-hydrogen) atoms. The van der Waals surface area contributed by atoms with Crippen LogP contribution in [0.1, 0.15) is 11.7 Å². The molecule has 0 radical (unpaired) electrons. The van der Waals surface area contributed by atoms with Crippen LogP contribution in [0.4, 0.5) is 13.2 Å². The van der Waals surface area contributed by atoms with E-state index in [1.165, 1.54) is 0 Å². The maximum atomic E-state index is 12.5. The number of hydrogen-bond donors (Lipinski definition) is 1. The van der Waals surface area contributed by atoms with Gasteiger partial charge in [-0.1, -0.05) is 0 Å². The second-order valence-corrected chi connectivity index (χ2v) is 2.37. The number of aliphatic hydroxyl groups excluding tert-OH is 1.